The number of carboxylic acid groups (broad SMARTS) is 1. The van der Waals surface area contributed by atoms with Gasteiger partial charge in [0.25, 0.3) is 0 Å². The molecule has 20 heavy (non-hydrogen) atoms. The fraction of sp³-hybridized carbons (Fsp3) is 0.0588. The van der Waals surface area contributed by atoms with Gasteiger partial charge in [-0.2, -0.15) is 0 Å². The summed E-state index contributed by atoms with van der Waals surface area (Å²) < 4.78 is 0. The largest absolute Gasteiger partial charge is 0.478 e. The first-order valence-electron chi connectivity index (χ1n) is 6.19. The summed E-state index contributed by atoms with van der Waals surface area (Å²) in [4.78, 5) is 22.8. The number of aryl methyl sites for hydroxylation is 1. The summed E-state index contributed by atoms with van der Waals surface area (Å²) in [6.07, 6.45) is 2.56. The number of hydrogen-bond donors (Lipinski definition) is 1. The first kappa shape index (κ1) is 13.7. The molecule has 2 aromatic carbocycles. The minimum absolute atomic E-state index is 0.0307. The van der Waals surface area contributed by atoms with Crippen LogP contribution in [0, 0.1) is 6.92 Å². The van der Waals surface area contributed by atoms with Crippen molar-refractivity contribution in [3.63, 3.8) is 0 Å². The van der Waals surface area contributed by atoms with E-state index >= 15 is 0 Å². The molecule has 0 aliphatic heterocycles. The molecule has 0 amide bonds. The van der Waals surface area contributed by atoms with Crippen LogP contribution in [0.15, 0.2) is 54.6 Å². The monoisotopic (exact) mass is 266 g/mol. The van der Waals surface area contributed by atoms with E-state index in [1.165, 1.54) is 6.08 Å². The minimum Gasteiger partial charge on any atom is -0.478 e. The Labute approximate surface area is 117 Å². The fourth-order valence-corrected chi connectivity index (χ4v) is 1.90. The SMILES string of the molecule is Cc1ccccc1C(=O)c1ccc(C=CC(=O)O)cc1. The van der Waals surface area contributed by atoms with Crippen molar-refractivity contribution >= 4 is 17.8 Å². The fourth-order valence-electron chi connectivity index (χ4n) is 1.90. The van der Waals surface area contributed by atoms with E-state index in [9.17, 15) is 9.59 Å². The molecular weight excluding hydrogens is 252 g/mol. The van der Waals surface area contributed by atoms with Crippen LogP contribution in [0.3, 0.4) is 0 Å². The molecule has 2 aromatic rings. The zero-order valence-electron chi connectivity index (χ0n) is 11.0. The molecule has 0 aliphatic rings. The van der Waals surface area contributed by atoms with Gasteiger partial charge in [0.1, 0.15) is 0 Å². The molecule has 0 spiro atoms. The molecule has 0 aliphatic carbocycles. The Hall–Kier alpha value is -2.68. The Kier molecular flexibility index (Phi) is 4.11. The maximum absolute atomic E-state index is 12.3. The molecule has 0 saturated heterocycles. The van der Waals surface area contributed by atoms with Crippen molar-refractivity contribution in [2.24, 2.45) is 0 Å². The molecule has 0 atom stereocenters. The molecule has 3 heteroatoms. The van der Waals surface area contributed by atoms with Crippen LogP contribution in [0.1, 0.15) is 27.0 Å². The van der Waals surface area contributed by atoms with E-state index in [2.05, 4.69) is 0 Å². The first-order chi connectivity index (χ1) is 9.58. The third-order valence-corrected chi connectivity index (χ3v) is 2.98. The second-order valence-electron chi connectivity index (χ2n) is 4.44. The second-order valence-corrected chi connectivity index (χ2v) is 4.44. The molecular formula is C17H14O3. The summed E-state index contributed by atoms with van der Waals surface area (Å²) >= 11 is 0. The van der Waals surface area contributed by atoms with Gasteiger partial charge in [-0.3, -0.25) is 4.79 Å². The van der Waals surface area contributed by atoms with Crippen molar-refractivity contribution in [3.05, 3.63) is 76.9 Å². The first-order valence-corrected chi connectivity index (χ1v) is 6.19. The Bertz CT molecular complexity index is 667. The number of carboxylic acids is 1. The highest BCUT2D eigenvalue weighted by atomic mass is 16.4. The summed E-state index contributed by atoms with van der Waals surface area (Å²) in [5.41, 5.74) is 2.95. The van der Waals surface area contributed by atoms with E-state index in [0.717, 1.165) is 17.2 Å². The Morgan fingerprint density at radius 1 is 1.00 bits per heavy atom. The third kappa shape index (κ3) is 3.20. The molecule has 0 saturated carbocycles. The van der Waals surface area contributed by atoms with E-state index < -0.39 is 5.97 Å². The van der Waals surface area contributed by atoms with Gasteiger partial charge >= 0.3 is 5.97 Å². The van der Waals surface area contributed by atoms with Gasteiger partial charge in [0.15, 0.2) is 5.78 Å². The zero-order chi connectivity index (χ0) is 14.5. The normalized spacial score (nSPS) is 10.7. The average molecular weight is 266 g/mol. The molecule has 100 valence electrons. The van der Waals surface area contributed by atoms with Crippen molar-refractivity contribution in [2.75, 3.05) is 0 Å². The number of carbonyl (C=O) groups excluding carboxylic acids is 1. The lowest BCUT2D eigenvalue weighted by atomic mass is 9.98. The van der Waals surface area contributed by atoms with Gasteiger partial charge in [-0.15, -0.1) is 0 Å². The molecule has 0 heterocycles. The molecule has 0 bridgehead atoms. The van der Waals surface area contributed by atoms with Gasteiger partial charge in [-0.1, -0.05) is 48.5 Å². The molecule has 3 nitrogen and oxygen atoms in total. The highest BCUT2D eigenvalue weighted by Crippen LogP contribution is 2.15. The molecule has 1 N–H and O–H groups in total. The topological polar surface area (TPSA) is 54.4 Å². The van der Waals surface area contributed by atoms with Crippen molar-refractivity contribution in [1.82, 2.24) is 0 Å². The minimum atomic E-state index is -0.995. The van der Waals surface area contributed by atoms with Gasteiger partial charge in [0, 0.05) is 17.2 Å². The highest BCUT2D eigenvalue weighted by Gasteiger charge is 2.10. The smallest absolute Gasteiger partial charge is 0.328 e. The lowest BCUT2D eigenvalue weighted by molar-refractivity contribution is -0.131. The molecule has 0 radical (unpaired) electrons. The number of ketones is 1. The summed E-state index contributed by atoms with van der Waals surface area (Å²) in [7, 11) is 0. The maximum atomic E-state index is 12.3. The lowest BCUT2D eigenvalue weighted by Gasteiger charge is -2.05. The van der Waals surface area contributed by atoms with Crippen LogP contribution < -0.4 is 0 Å². The Balaban J connectivity index is 2.24. The van der Waals surface area contributed by atoms with Crippen LogP contribution in [0.2, 0.25) is 0 Å². The molecule has 0 unspecified atom stereocenters. The van der Waals surface area contributed by atoms with Gasteiger partial charge in [0.2, 0.25) is 0 Å². The van der Waals surface area contributed by atoms with Crippen LogP contribution in [0.5, 0.6) is 0 Å². The van der Waals surface area contributed by atoms with E-state index in [4.69, 9.17) is 5.11 Å². The van der Waals surface area contributed by atoms with Gasteiger partial charge < -0.3 is 5.11 Å². The summed E-state index contributed by atoms with van der Waals surface area (Å²) in [6.45, 7) is 1.90. The molecule has 0 fully saturated rings. The molecule has 2 rings (SSSR count). The lowest BCUT2D eigenvalue weighted by Crippen LogP contribution is -2.03. The van der Waals surface area contributed by atoms with Crippen LogP contribution >= 0.6 is 0 Å². The highest BCUT2D eigenvalue weighted by molar-refractivity contribution is 6.09. The molecule has 0 aromatic heterocycles. The number of carbonyl (C=O) groups is 2. The summed E-state index contributed by atoms with van der Waals surface area (Å²) in [6, 6.07) is 14.3. The standard InChI is InChI=1S/C17H14O3/c1-12-4-2-3-5-15(12)17(20)14-9-6-13(7-10-14)8-11-16(18)19/h2-11H,1H3,(H,18,19). The van der Waals surface area contributed by atoms with E-state index in [1.807, 2.05) is 25.1 Å². The number of aliphatic carboxylic acids is 1. The number of hydrogen-bond acceptors (Lipinski definition) is 2. The Morgan fingerprint density at radius 3 is 2.25 bits per heavy atom. The Morgan fingerprint density at radius 2 is 1.65 bits per heavy atom. The van der Waals surface area contributed by atoms with Crippen LogP contribution in [-0.2, 0) is 4.79 Å². The van der Waals surface area contributed by atoms with Crippen molar-refractivity contribution in [3.8, 4) is 0 Å². The van der Waals surface area contributed by atoms with E-state index in [-0.39, 0.29) is 5.78 Å². The predicted molar refractivity (Wildman–Crippen MR) is 77.7 cm³/mol. The van der Waals surface area contributed by atoms with Crippen LogP contribution in [-0.4, -0.2) is 16.9 Å². The number of rotatable bonds is 4. The van der Waals surface area contributed by atoms with Crippen LogP contribution in [0.4, 0.5) is 0 Å². The quantitative estimate of drug-likeness (QED) is 0.682. The van der Waals surface area contributed by atoms with Crippen molar-refractivity contribution in [1.29, 1.82) is 0 Å². The third-order valence-electron chi connectivity index (χ3n) is 2.98. The number of benzene rings is 2. The van der Waals surface area contributed by atoms with Gasteiger partial charge in [-0.25, -0.2) is 4.79 Å². The maximum Gasteiger partial charge on any atom is 0.328 e. The van der Waals surface area contributed by atoms with Gasteiger partial charge in [-0.05, 0) is 24.1 Å². The van der Waals surface area contributed by atoms with Crippen molar-refractivity contribution < 1.29 is 14.7 Å². The van der Waals surface area contributed by atoms with Crippen LogP contribution in [0.25, 0.3) is 6.08 Å². The summed E-state index contributed by atoms with van der Waals surface area (Å²) in [5, 5.41) is 8.56. The zero-order valence-corrected chi connectivity index (χ0v) is 11.0. The van der Waals surface area contributed by atoms with E-state index in [1.54, 1.807) is 30.3 Å². The summed E-state index contributed by atoms with van der Waals surface area (Å²) in [5.74, 6) is -1.03. The van der Waals surface area contributed by atoms with Gasteiger partial charge in [0.05, 0.1) is 0 Å². The second kappa shape index (κ2) is 5.97. The van der Waals surface area contributed by atoms with E-state index in [0.29, 0.717) is 11.1 Å². The van der Waals surface area contributed by atoms with Crippen molar-refractivity contribution in [2.45, 2.75) is 6.92 Å². The predicted octanol–water partition coefficient (Wildman–Crippen LogP) is 3.32. The average Bonchev–Trinajstić information content (AvgIpc) is 2.45.